The van der Waals surface area contributed by atoms with Gasteiger partial charge in [-0.25, -0.2) is 4.99 Å². The molecule has 0 N–H and O–H groups in total. The van der Waals surface area contributed by atoms with E-state index in [2.05, 4.69) is 15.9 Å². The fourth-order valence-electron chi connectivity index (χ4n) is 4.49. The molecule has 2 amide bonds. The number of hydrogen-bond acceptors (Lipinski definition) is 7. The fourth-order valence-corrected chi connectivity index (χ4v) is 6.25. The van der Waals surface area contributed by atoms with Gasteiger partial charge < -0.3 is 19.1 Å². The highest BCUT2D eigenvalue weighted by Gasteiger charge is 2.32. The number of thioether (sulfide) groups is 1. The number of likely N-dealkylation sites (N-methyl/N-ethyl adjacent to an activating group) is 1. The Bertz CT molecular complexity index is 1540. The number of aliphatic imine (C=N–C) groups is 1. The van der Waals surface area contributed by atoms with Crippen molar-refractivity contribution in [2.45, 2.75) is 13.5 Å². The topological polar surface area (TPSA) is 80.7 Å². The van der Waals surface area contributed by atoms with Crippen LogP contribution in [0.15, 0.2) is 75.0 Å². The lowest BCUT2D eigenvalue weighted by Crippen LogP contribution is -2.40. The number of carbonyl (C=O) groups excluding carboxylic acids is 2. The standard InChI is InChI=1S/C31H29BrClN3O5S/c1-3-36-30(38)27(42-31(36)34-24-6-4-5-22(18-24)29(37)35-11-13-40-14-12-35)17-21-15-25(32)28(26(16-21)39-2)41-19-20-7-9-23(33)10-8-20/h4-10,15-18H,3,11-14,19H2,1-2H3/b27-17+,34-31?. The molecule has 0 radical (unpaired) electrons. The van der Waals surface area contributed by atoms with Crippen molar-refractivity contribution in [3.63, 3.8) is 0 Å². The molecular formula is C31H29BrClN3O5S. The summed E-state index contributed by atoms with van der Waals surface area (Å²) in [5.41, 5.74) is 2.90. The van der Waals surface area contributed by atoms with Gasteiger partial charge in [-0.2, -0.15) is 0 Å². The highest BCUT2D eigenvalue weighted by Crippen LogP contribution is 2.40. The van der Waals surface area contributed by atoms with E-state index in [0.29, 0.717) is 81.8 Å². The summed E-state index contributed by atoms with van der Waals surface area (Å²) in [5, 5.41) is 1.22. The van der Waals surface area contributed by atoms with Crippen molar-refractivity contribution in [2.24, 2.45) is 4.99 Å². The summed E-state index contributed by atoms with van der Waals surface area (Å²) in [6, 6.07) is 18.3. The van der Waals surface area contributed by atoms with Gasteiger partial charge in [0.05, 0.1) is 35.4 Å². The van der Waals surface area contributed by atoms with Crippen LogP contribution in [0.2, 0.25) is 5.02 Å². The molecule has 42 heavy (non-hydrogen) atoms. The number of halogens is 2. The van der Waals surface area contributed by atoms with Crippen molar-refractivity contribution >= 4 is 68.0 Å². The van der Waals surface area contributed by atoms with E-state index in [1.807, 2.05) is 61.5 Å². The molecule has 2 heterocycles. The summed E-state index contributed by atoms with van der Waals surface area (Å²) in [4.78, 5) is 35.0. The van der Waals surface area contributed by atoms with E-state index in [9.17, 15) is 9.59 Å². The highest BCUT2D eigenvalue weighted by atomic mass is 79.9. The number of ether oxygens (including phenoxy) is 3. The SMILES string of the molecule is CCN1C(=O)/C(=C\c2cc(Br)c(OCc3ccc(Cl)cc3)c(OC)c2)SC1=Nc1cccc(C(=O)N2CCOCC2)c1. The Kier molecular flexibility index (Phi) is 9.89. The van der Waals surface area contributed by atoms with Gasteiger partial charge >= 0.3 is 0 Å². The van der Waals surface area contributed by atoms with Crippen molar-refractivity contribution in [2.75, 3.05) is 40.0 Å². The van der Waals surface area contributed by atoms with Gasteiger partial charge in [-0.05, 0) is 94.3 Å². The van der Waals surface area contributed by atoms with Crippen LogP contribution in [0, 0.1) is 0 Å². The zero-order valence-corrected chi connectivity index (χ0v) is 26.3. The largest absolute Gasteiger partial charge is 0.493 e. The van der Waals surface area contributed by atoms with E-state index in [4.69, 9.17) is 30.8 Å². The maximum Gasteiger partial charge on any atom is 0.266 e. The predicted molar refractivity (Wildman–Crippen MR) is 170 cm³/mol. The second kappa shape index (κ2) is 13.8. The van der Waals surface area contributed by atoms with Crippen LogP contribution in [0.25, 0.3) is 6.08 Å². The summed E-state index contributed by atoms with van der Waals surface area (Å²) in [5.74, 6) is 0.899. The number of amidine groups is 1. The first-order valence-corrected chi connectivity index (χ1v) is 15.4. The quantitative estimate of drug-likeness (QED) is 0.246. The molecule has 3 aromatic rings. The lowest BCUT2D eigenvalue weighted by molar-refractivity contribution is -0.122. The number of rotatable bonds is 8. The average Bonchev–Trinajstić information content (AvgIpc) is 3.30. The third-order valence-corrected chi connectivity index (χ3v) is 8.51. The van der Waals surface area contributed by atoms with Crippen LogP contribution in [0.3, 0.4) is 0 Å². The number of hydrogen-bond donors (Lipinski definition) is 0. The maximum atomic E-state index is 13.3. The third kappa shape index (κ3) is 7.00. The first-order chi connectivity index (χ1) is 20.4. The Hall–Kier alpha value is -3.31. The summed E-state index contributed by atoms with van der Waals surface area (Å²) in [6.45, 7) is 4.90. The predicted octanol–water partition coefficient (Wildman–Crippen LogP) is 6.79. The lowest BCUT2D eigenvalue weighted by Gasteiger charge is -2.26. The molecule has 218 valence electrons. The van der Waals surface area contributed by atoms with Gasteiger partial charge in [0, 0.05) is 30.2 Å². The molecular weight excluding hydrogens is 642 g/mol. The number of methoxy groups -OCH3 is 1. The Morgan fingerprint density at radius 3 is 2.62 bits per heavy atom. The van der Waals surface area contributed by atoms with Crippen molar-refractivity contribution < 1.29 is 23.8 Å². The Labute approximate surface area is 262 Å². The molecule has 11 heteroatoms. The van der Waals surface area contributed by atoms with Gasteiger partial charge in [-0.1, -0.05) is 29.8 Å². The van der Waals surface area contributed by atoms with Gasteiger partial charge in [0.1, 0.15) is 6.61 Å². The van der Waals surface area contributed by atoms with Crippen molar-refractivity contribution in [1.29, 1.82) is 0 Å². The zero-order valence-electron chi connectivity index (χ0n) is 23.1. The highest BCUT2D eigenvalue weighted by molar-refractivity contribution is 9.10. The summed E-state index contributed by atoms with van der Waals surface area (Å²) in [7, 11) is 1.57. The average molecular weight is 671 g/mol. The molecule has 5 rings (SSSR count). The van der Waals surface area contributed by atoms with Crippen LogP contribution >= 0.6 is 39.3 Å². The molecule has 0 unspecified atom stereocenters. The summed E-state index contributed by atoms with van der Waals surface area (Å²) < 4.78 is 17.7. The molecule has 0 saturated carbocycles. The van der Waals surface area contributed by atoms with Gasteiger partial charge in [0.2, 0.25) is 0 Å². The second-order valence-electron chi connectivity index (χ2n) is 9.46. The van der Waals surface area contributed by atoms with Crippen LogP contribution in [0.5, 0.6) is 11.5 Å². The van der Waals surface area contributed by atoms with Crippen molar-refractivity contribution in [3.8, 4) is 11.5 Å². The first-order valence-electron chi connectivity index (χ1n) is 13.4. The molecule has 8 nitrogen and oxygen atoms in total. The minimum Gasteiger partial charge on any atom is -0.493 e. The summed E-state index contributed by atoms with van der Waals surface area (Å²) >= 11 is 10.9. The van der Waals surface area contributed by atoms with Crippen LogP contribution in [-0.2, 0) is 16.1 Å². The molecule has 0 aromatic heterocycles. The van der Waals surface area contributed by atoms with Gasteiger partial charge in [-0.3, -0.25) is 14.5 Å². The van der Waals surface area contributed by atoms with E-state index < -0.39 is 0 Å². The molecule has 2 aliphatic heterocycles. The van der Waals surface area contributed by atoms with Gasteiger partial charge in [0.15, 0.2) is 16.7 Å². The van der Waals surface area contributed by atoms with E-state index in [0.717, 1.165) is 11.1 Å². The van der Waals surface area contributed by atoms with Crippen LogP contribution in [-0.4, -0.2) is 66.7 Å². The van der Waals surface area contributed by atoms with E-state index in [1.54, 1.807) is 29.0 Å². The maximum absolute atomic E-state index is 13.3. The monoisotopic (exact) mass is 669 g/mol. The zero-order chi connectivity index (χ0) is 29.6. The Balaban J connectivity index is 1.36. The van der Waals surface area contributed by atoms with E-state index in [-0.39, 0.29) is 11.8 Å². The number of benzene rings is 3. The van der Waals surface area contributed by atoms with Gasteiger partial charge in [-0.15, -0.1) is 0 Å². The van der Waals surface area contributed by atoms with E-state index >= 15 is 0 Å². The van der Waals surface area contributed by atoms with Crippen LogP contribution < -0.4 is 9.47 Å². The molecule has 2 aliphatic rings. The molecule has 0 atom stereocenters. The minimum absolute atomic E-state index is 0.0523. The fraction of sp³-hybridized carbons (Fsp3) is 0.258. The molecule has 0 aliphatic carbocycles. The number of carbonyl (C=O) groups is 2. The normalized spacial score (nSPS) is 17.3. The number of amides is 2. The second-order valence-corrected chi connectivity index (χ2v) is 11.8. The molecule has 2 saturated heterocycles. The Morgan fingerprint density at radius 2 is 1.90 bits per heavy atom. The first kappa shape index (κ1) is 30.2. The lowest BCUT2D eigenvalue weighted by atomic mass is 10.1. The van der Waals surface area contributed by atoms with Crippen LogP contribution in [0.4, 0.5) is 5.69 Å². The smallest absolute Gasteiger partial charge is 0.266 e. The minimum atomic E-state index is -0.139. The van der Waals surface area contributed by atoms with Gasteiger partial charge in [0.25, 0.3) is 11.8 Å². The van der Waals surface area contributed by atoms with Crippen LogP contribution in [0.1, 0.15) is 28.4 Å². The van der Waals surface area contributed by atoms with E-state index in [1.165, 1.54) is 11.8 Å². The molecule has 3 aromatic carbocycles. The number of nitrogens with zero attached hydrogens (tertiary/aromatic N) is 3. The molecule has 0 bridgehead atoms. The molecule has 0 spiro atoms. The summed E-state index contributed by atoms with van der Waals surface area (Å²) in [6.07, 6.45) is 1.81. The van der Waals surface area contributed by atoms with Crippen molar-refractivity contribution in [3.05, 3.63) is 91.8 Å². The molecule has 2 fully saturated rings. The third-order valence-electron chi connectivity index (χ3n) is 6.67. The Morgan fingerprint density at radius 1 is 1.14 bits per heavy atom. The van der Waals surface area contributed by atoms with Crippen molar-refractivity contribution in [1.82, 2.24) is 9.80 Å². The number of morpholine rings is 1.